The maximum atomic E-state index is 14.4. The highest BCUT2D eigenvalue weighted by Gasteiger charge is 2.28. The predicted molar refractivity (Wildman–Crippen MR) is 92.5 cm³/mol. The molecule has 0 fully saturated rings. The molecule has 2 N–H and O–H groups in total. The number of aliphatic hydroxyl groups excluding tert-OH is 1. The summed E-state index contributed by atoms with van der Waals surface area (Å²) in [4.78, 5) is 19.4. The Bertz CT molecular complexity index is 1080. The van der Waals surface area contributed by atoms with E-state index in [1.807, 2.05) is 0 Å². The van der Waals surface area contributed by atoms with E-state index in [-0.39, 0.29) is 22.8 Å². The number of aromatic nitrogens is 2. The maximum Gasteiger partial charge on any atom is 0.356 e. The van der Waals surface area contributed by atoms with Crippen molar-refractivity contribution in [3.63, 3.8) is 0 Å². The highest BCUT2D eigenvalue weighted by Crippen LogP contribution is 2.31. The number of carboxylic acid groups (broad SMARTS) is 1. The van der Waals surface area contributed by atoms with Crippen LogP contribution in [-0.2, 0) is 0 Å². The molecule has 0 aliphatic carbocycles. The van der Waals surface area contributed by atoms with Crippen molar-refractivity contribution < 1.29 is 19.4 Å². The molecule has 1 aromatic heterocycles. The van der Waals surface area contributed by atoms with Gasteiger partial charge < -0.3 is 10.2 Å². The molecule has 2 aromatic carbocycles. The van der Waals surface area contributed by atoms with Gasteiger partial charge in [-0.05, 0) is 30.3 Å². The van der Waals surface area contributed by atoms with Gasteiger partial charge in [0.15, 0.2) is 11.5 Å². The number of benzene rings is 2. The third-order valence-corrected chi connectivity index (χ3v) is 4.27. The lowest BCUT2D eigenvalue weighted by atomic mass is 10.00. The van der Waals surface area contributed by atoms with Crippen LogP contribution < -0.4 is 0 Å². The van der Waals surface area contributed by atoms with Crippen LogP contribution in [0.4, 0.5) is 4.39 Å². The number of aliphatic hydroxyl groups is 1. The van der Waals surface area contributed by atoms with Crippen molar-refractivity contribution in [2.75, 3.05) is 0 Å². The lowest BCUT2D eigenvalue weighted by Crippen LogP contribution is -2.09. The Balaban J connectivity index is 2.03. The zero-order valence-corrected chi connectivity index (χ0v) is 13.9. The first-order chi connectivity index (χ1) is 12.5. The summed E-state index contributed by atoms with van der Waals surface area (Å²) in [5.41, 5.74) is 1.11. The van der Waals surface area contributed by atoms with Crippen LogP contribution in [0.5, 0.6) is 0 Å². The number of imidazole rings is 1. The van der Waals surface area contributed by atoms with E-state index in [1.165, 1.54) is 16.8 Å². The third kappa shape index (κ3) is 2.58. The fourth-order valence-corrected chi connectivity index (χ4v) is 3.07. The first kappa shape index (κ1) is 16.4. The molecule has 0 saturated heterocycles. The monoisotopic (exact) mass is 371 g/mol. The van der Waals surface area contributed by atoms with E-state index in [4.69, 9.17) is 11.6 Å². The molecule has 6 nitrogen and oxygen atoms in total. The van der Waals surface area contributed by atoms with Crippen molar-refractivity contribution in [2.45, 2.75) is 6.23 Å². The lowest BCUT2D eigenvalue weighted by molar-refractivity contribution is 0.0690. The minimum atomic E-state index is -1.47. The van der Waals surface area contributed by atoms with Crippen molar-refractivity contribution in [1.29, 1.82) is 0 Å². The topological polar surface area (TPSA) is 87.7 Å². The second-order valence-corrected chi connectivity index (χ2v) is 6.09. The van der Waals surface area contributed by atoms with Crippen LogP contribution in [0.25, 0.3) is 5.69 Å². The van der Waals surface area contributed by atoms with Crippen LogP contribution in [0.3, 0.4) is 0 Å². The summed E-state index contributed by atoms with van der Waals surface area (Å²) in [6, 6.07) is 10.9. The molecule has 8 heteroatoms. The minimum Gasteiger partial charge on any atom is -0.476 e. The second-order valence-electron chi connectivity index (χ2n) is 5.65. The van der Waals surface area contributed by atoms with Gasteiger partial charge in [0.05, 0.1) is 11.4 Å². The molecule has 130 valence electrons. The van der Waals surface area contributed by atoms with Crippen LogP contribution in [0.15, 0.2) is 53.7 Å². The van der Waals surface area contributed by atoms with E-state index in [0.717, 1.165) is 0 Å². The van der Waals surface area contributed by atoms with Gasteiger partial charge in [0.25, 0.3) is 0 Å². The van der Waals surface area contributed by atoms with Gasteiger partial charge in [0, 0.05) is 22.3 Å². The van der Waals surface area contributed by atoms with Crippen LogP contribution in [0.1, 0.15) is 33.7 Å². The van der Waals surface area contributed by atoms with Crippen molar-refractivity contribution in [1.82, 2.24) is 9.55 Å². The smallest absolute Gasteiger partial charge is 0.356 e. The molecule has 1 aliphatic heterocycles. The Morgan fingerprint density at radius 2 is 1.96 bits per heavy atom. The van der Waals surface area contributed by atoms with E-state index in [2.05, 4.69) is 9.98 Å². The van der Waals surface area contributed by atoms with Gasteiger partial charge in [-0.25, -0.2) is 19.2 Å². The fraction of sp³-hybridized carbons (Fsp3) is 0.0556. The van der Waals surface area contributed by atoms with Gasteiger partial charge >= 0.3 is 5.97 Å². The molecule has 3 aromatic rings. The zero-order chi connectivity index (χ0) is 18.4. The summed E-state index contributed by atoms with van der Waals surface area (Å²) >= 11 is 6.11. The van der Waals surface area contributed by atoms with Gasteiger partial charge in [-0.1, -0.05) is 23.7 Å². The average molecular weight is 372 g/mol. The zero-order valence-electron chi connectivity index (χ0n) is 13.1. The van der Waals surface area contributed by atoms with E-state index in [1.54, 1.807) is 36.4 Å². The Labute approximate surface area is 151 Å². The Kier molecular flexibility index (Phi) is 3.82. The quantitative estimate of drug-likeness (QED) is 0.724. The Morgan fingerprint density at radius 3 is 2.69 bits per heavy atom. The largest absolute Gasteiger partial charge is 0.476 e. The highest BCUT2D eigenvalue weighted by molar-refractivity contribution is 6.31. The van der Waals surface area contributed by atoms with Crippen molar-refractivity contribution in [3.8, 4) is 5.69 Å². The molecule has 0 radical (unpaired) electrons. The number of aliphatic imine (C=N–C) groups is 1. The number of hydrogen-bond donors (Lipinski definition) is 2. The van der Waals surface area contributed by atoms with Crippen molar-refractivity contribution in [2.24, 2.45) is 4.99 Å². The SMILES string of the molecule is O=C(O)c1cn2c(n1)C(O)N=C(c1ccccc1F)c1cc(Cl)ccc1-2. The molecule has 0 saturated carbocycles. The van der Waals surface area contributed by atoms with Gasteiger partial charge in [-0.15, -0.1) is 0 Å². The molecule has 0 amide bonds. The summed E-state index contributed by atoms with van der Waals surface area (Å²) in [7, 11) is 0. The maximum absolute atomic E-state index is 14.4. The Hall–Kier alpha value is -3.03. The van der Waals surface area contributed by atoms with Crippen LogP contribution in [-0.4, -0.2) is 31.4 Å². The summed E-state index contributed by atoms with van der Waals surface area (Å²) in [5, 5.41) is 20.1. The molecule has 0 bridgehead atoms. The lowest BCUT2D eigenvalue weighted by Gasteiger charge is -2.12. The number of rotatable bonds is 2. The summed E-state index contributed by atoms with van der Waals surface area (Å²) in [6.45, 7) is 0. The van der Waals surface area contributed by atoms with Gasteiger partial charge in [0.1, 0.15) is 5.82 Å². The summed E-state index contributed by atoms with van der Waals surface area (Å²) in [5.74, 6) is -1.71. The molecule has 1 unspecified atom stereocenters. The third-order valence-electron chi connectivity index (χ3n) is 4.04. The highest BCUT2D eigenvalue weighted by atomic mass is 35.5. The number of hydrogen-bond acceptors (Lipinski definition) is 4. The number of aromatic carboxylic acids is 1. The molecule has 1 atom stereocenters. The fourth-order valence-electron chi connectivity index (χ4n) is 2.90. The van der Waals surface area contributed by atoms with Crippen LogP contribution in [0, 0.1) is 5.82 Å². The van der Waals surface area contributed by atoms with E-state index in [9.17, 15) is 19.4 Å². The molecule has 2 heterocycles. The molecule has 4 rings (SSSR count). The van der Waals surface area contributed by atoms with Gasteiger partial charge in [0.2, 0.25) is 6.23 Å². The number of carboxylic acids is 1. The van der Waals surface area contributed by atoms with E-state index in [0.29, 0.717) is 16.3 Å². The van der Waals surface area contributed by atoms with Crippen LogP contribution in [0.2, 0.25) is 5.02 Å². The summed E-state index contributed by atoms with van der Waals surface area (Å²) < 4.78 is 15.8. The first-order valence-corrected chi connectivity index (χ1v) is 7.97. The first-order valence-electron chi connectivity index (χ1n) is 7.59. The normalized spacial score (nSPS) is 15.7. The second kappa shape index (κ2) is 6.05. The van der Waals surface area contributed by atoms with Gasteiger partial charge in [-0.2, -0.15) is 0 Å². The van der Waals surface area contributed by atoms with Crippen molar-refractivity contribution >= 4 is 23.3 Å². The standard InChI is InChI=1S/C18H11ClFN3O3/c19-9-5-6-14-11(7-9)15(10-3-1-2-4-12(10)20)22-17(24)16-21-13(18(25)26)8-23(14)16/h1-8,17,24H,(H,25,26). The number of nitrogens with zero attached hydrogens (tertiary/aromatic N) is 3. The van der Waals surface area contributed by atoms with Crippen molar-refractivity contribution in [3.05, 3.63) is 82.1 Å². The summed E-state index contributed by atoms with van der Waals surface area (Å²) in [6.07, 6.45) is -0.183. The minimum absolute atomic E-state index is 0.0253. The average Bonchev–Trinajstić information content (AvgIpc) is 3.02. The Morgan fingerprint density at radius 1 is 1.19 bits per heavy atom. The number of fused-ring (bicyclic) bond motifs is 3. The molecule has 0 spiro atoms. The van der Waals surface area contributed by atoms with E-state index >= 15 is 0 Å². The molecule has 26 heavy (non-hydrogen) atoms. The predicted octanol–water partition coefficient (Wildman–Crippen LogP) is 3.20. The molecule has 1 aliphatic rings. The van der Waals surface area contributed by atoms with Crippen LogP contribution >= 0.6 is 11.6 Å². The number of carbonyl (C=O) groups is 1. The number of halogens is 2. The molecular weight excluding hydrogens is 361 g/mol. The van der Waals surface area contributed by atoms with E-state index < -0.39 is 18.0 Å². The van der Waals surface area contributed by atoms with Gasteiger partial charge in [-0.3, -0.25) is 4.57 Å². The molecular formula is C18H11ClFN3O3.